The second-order valence-electron chi connectivity index (χ2n) is 7.64. The van der Waals surface area contributed by atoms with Gasteiger partial charge in [-0.25, -0.2) is 8.42 Å². The third-order valence-electron chi connectivity index (χ3n) is 5.70. The molecule has 1 aliphatic rings. The Hall–Kier alpha value is -4.17. The summed E-state index contributed by atoms with van der Waals surface area (Å²) in [5.41, 5.74) is 7.14. The van der Waals surface area contributed by atoms with Crippen LogP contribution in [0.5, 0.6) is 5.75 Å². The number of hydrogen-bond acceptors (Lipinski definition) is 6. The zero-order valence-corrected chi connectivity index (χ0v) is 18.0. The van der Waals surface area contributed by atoms with Crippen molar-refractivity contribution in [1.82, 2.24) is 0 Å². The summed E-state index contributed by atoms with van der Waals surface area (Å²) in [4.78, 5) is 10.9. The van der Waals surface area contributed by atoms with E-state index in [-0.39, 0.29) is 21.4 Å². The van der Waals surface area contributed by atoms with Gasteiger partial charge in [0, 0.05) is 23.1 Å². The highest BCUT2D eigenvalue weighted by Crippen LogP contribution is 2.48. The molecular weight excluding hydrogens is 440 g/mol. The number of nitro benzene ring substituents is 1. The first-order valence-corrected chi connectivity index (χ1v) is 11.6. The SMILES string of the molecule is NC1=C(S(=O)(=O)c2ccccc2)C(c2cccc([N+](=O)[O-])c2)c2ccc3ccccc3c2O1. The van der Waals surface area contributed by atoms with E-state index in [0.29, 0.717) is 16.9 Å². The van der Waals surface area contributed by atoms with E-state index in [1.165, 1.54) is 30.3 Å². The summed E-state index contributed by atoms with van der Waals surface area (Å²) in [5.74, 6) is -0.697. The monoisotopic (exact) mass is 458 g/mol. The molecule has 8 heteroatoms. The molecule has 0 spiro atoms. The fourth-order valence-corrected chi connectivity index (χ4v) is 5.86. The highest BCUT2D eigenvalue weighted by Gasteiger charge is 2.39. The van der Waals surface area contributed by atoms with Crippen molar-refractivity contribution in [2.75, 3.05) is 0 Å². The van der Waals surface area contributed by atoms with Crippen LogP contribution >= 0.6 is 0 Å². The average Bonchev–Trinajstić information content (AvgIpc) is 2.83. The third-order valence-corrected chi connectivity index (χ3v) is 7.60. The Labute approximate surface area is 189 Å². The largest absolute Gasteiger partial charge is 0.440 e. The van der Waals surface area contributed by atoms with Crippen LogP contribution in [0.2, 0.25) is 0 Å². The van der Waals surface area contributed by atoms with Gasteiger partial charge in [0.25, 0.3) is 5.69 Å². The number of ether oxygens (including phenoxy) is 1. The summed E-state index contributed by atoms with van der Waals surface area (Å²) >= 11 is 0. The minimum Gasteiger partial charge on any atom is -0.440 e. The molecule has 0 aromatic heterocycles. The molecule has 1 atom stereocenters. The lowest BCUT2D eigenvalue weighted by Crippen LogP contribution is -2.26. The molecule has 1 unspecified atom stereocenters. The third kappa shape index (κ3) is 3.41. The maximum atomic E-state index is 13.7. The molecule has 1 heterocycles. The van der Waals surface area contributed by atoms with Crippen molar-refractivity contribution in [2.24, 2.45) is 5.73 Å². The van der Waals surface area contributed by atoms with Gasteiger partial charge >= 0.3 is 0 Å². The smallest absolute Gasteiger partial charge is 0.269 e. The molecule has 0 aliphatic carbocycles. The first-order chi connectivity index (χ1) is 15.9. The van der Waals surface area contributed by atoms with Gasteiger partial charge in [-0.15, -0.1) is 0 Å². The van der Waals surface area contributed by atoms with Crippen LogP contribution in [0.4, 0.5) is 5.69 Å². The number of rotatable bonds is 4. The van der Waals surface area contributed by atoms with E-state index in [4.69, 9.17) is 10.5 Å². The molecule has 164 valence electrons. The molecule has 1 aliphatic heterocycles. The highest BCUT2D eigenvalue weighted by atomic mass is 32.2. The number of nitrogens with two attached hydrogens (primary N) is 1. The molecular formula is C25H18N2O5S. The van der Waals surface area contributed by atoms with Crippen molar-refractivity contribution in [3.8, 4) is 5.75 Å². The van der Waals surface area contributed by atoms with Crippen LogP contribution in [-0.4, -0.2) is 13.3 Å². The number of allylic oxidation sites excluding steroid dienone is 1. The molecule has 0 bridgehead atoms. The molecule has 5 rings (SSSR count). The van der Waals surface area contributed by atoms with Crippen LogP contribution in [-0.2, 0) is 9.84 Å². The summed E-state index contributed by atoms with van der Waals surface area (Å²) in [6, 6.07) is 25.0. The summed E-state index contributed by atoms with van der Waals surface area (Å²) in [5, 5.41) is 13.1. The minimum absolute atomic E-state index is 0.0613. The molecule has 33 heavy (non-hydrogen) atoms. The van der Waals surface area contributed by atoms with E-state index < -0.39 is 20.7 Å². The molecule has 2 N–H and O–H groups in total. The molecule has 4 aromatic carbocycles. The Morgan fingerprint density at radius 3 is 2.36 bits per heavy atom. The van der Waals surface area contributed by atoms with Crippen LogP contribution in [0, 0.1) is 10.1 Å². The Morgan fingerprint density at radius 2 is 1.61 bits per heavy atom. The second kappa shape index (κ2) is 7.75. The van der Waals surface area contributed by atoms with E-state index in [1.807, 2.05) is 30.3 Å². The van der Waals surface area contributed by atoms with E-state index >= 15 is 0 Å². The first kappa shape index (κ1) is 20.7. The number of sulfone groups is 1. The predicted octanol–water partition coefficient (Wildman–Crippen LogP) is 4.87. The quantitative estimate of drug-likeness (QED) is 0.345. The van der Waals surface area contributed by atoms with Crippen molar-refractivity contribution in [3.05, 3.63) is 123 Å². The van der Waals surface area contributed by atoms with Crippen molar-refractivity contribution >= 4 is 26.3 Å². The van der Waals surface area contributed by atoms with Gasteiger partial charge in [0.1, 0.15) is 10.7 Å². The van der Waals surface area contributed by atoms with Crippen LogP contribution in [0.3, 0.4) is 0 Å². The normalized spacial score (nSPS) is 15.7. The van der Waals surface area contributed by atoms with Crippen LogP contribution < -0.4 is 10.5 Å². The van der Waals surface area contributed by atoms with E-state index in [1.54, 1.807) is 30.3 Å². The molecule has 0 amide bonds. The van der Waals surface area contributed by atoms with Crippen LogP contribution in [0.1, 0.15) is 17.0 Å². The van der Waals surface area contributed by atoms with Crippen molar-refractivity contribution in [3.63, 3.8) is 0 Å². The van der Waals surface area contributed by atoms with E-state index in [2.05, 4.69) is 0 Å². The molecule has 4 aromatic rings. The first-order valence-electron chi connectivity index (χ1n) is 10.1. The molecule has 0 saturated carbocycles. The van der Waals surface area contributed by atoms with Crippen molar-refractivity contribution in [2.45, 2.75) is 10.8 Å². The summed E-state index contributed by atoms with van der Waals surface area (Å²) in [6.45, 7) is 0. The van der Waals surface area contributed by atoms with Crippen molar-refractivity contribution in [1.29, 1.82) is 0 Å². The summed E-state index contributed by atoms with van der Waals surface area (Å²) in [6.07, 6.45) is 0. The maximum Gasteiger partial charge on any atom is 0.269 e. The zero-order chi connectivity index (χ0) is 23.2. The van der Waals surface area contributed by atoms with E-state index in [0.717, 1.165) is 10.8 Å². The number of benzene rings is 4. The predicted molar refractivity (Wildman–Crippen MR) is 124 cm³/mol. The van der Waals surface area contributed by atoms with Crippen LogP contribution in [0.25, 0.3) is 10.8 Å². The second-order valence-corrected chi connectivity index (χ2v) is 9.56. The topological polar surface area (TPSA) is 113 Å². The molecule has 0 saturated heterocycles. The van der Waals surface area contributed by atoms with Crippen LogP contribution in [0.15, 0.2) is 107 Å². The fourth-order valence-electron chi connectivity index (χ4n) is 4.21. The Kier molecular flexibility index (Phi) is 4.87. The number of fused-ring (bicyclic) bond motifs is 3. The number of non-ortho nitro benzene ring substituents is 1. The van der Waals surface area contributed by atoms with Gasteiger partial charge in [0.2, 0.25) is 15.7 Å². The maximum absolute atomic E-state index is 13.7. The Bertz CT molecular complexity index is 1550. The Morgan fingerprint density at radius 1 is 0.879 bits per heavy atom. The summed E-state index contributed by atoms with van der Waals surface area (Å²) in [7, 11) is -4.08. The Balaban J connectivity index is 1.82. The minimum atomic E-state index is -4.08. The van der Waals surface area contributed by atoms with Gasteiger partial charge in [-0.1, -0.05) is 66.7 Å². The zero-order valence-electron chi connectivity index (χ0n) is 17.2. The standard InChI is InChI=1S/C25H18N2O5S/c26-25-24(33(30,31)19-10-2-1-3-11-19)22(17-8-6-9-18(15-17)27(28)29)21-14-13-16-7-4-5-12-20(16)23(21)32-25/h1-15,22H,26H2. The lowest BCUT2D eigenvalue weighted by molar-refractivity contribution is -0.384. The van der Waals surface area contributed by atoms with Gasteiger partial charge in [0.15, 0.2) is 0 Å². The van der Waals surface area contributed by atoms with Gasteiger partial charge in [0.05, 0.1) is 15.7 Å². The highest BCUT2D eigenvalue weighted by molar-refractivity contribution is 7.95. The molecule has 0 radical (unpaired) electrons. The van der Waals surface area contributed by atoms with Crippen molar-refractivity contribution < 1.29 is 18.1 Å². The van der Waals surface area contributed by atoms with Gasteiger partial charge in [-0.3, -0.25) is 10.1 Å². The molecule has 7 nitrogen and oxygen atoms in total. The number of hydrogen-bond donors (Lipinski definition) is 1. The number of nitro groups is 1. The summed E-state index contributed by atoms with van der Waals surface area (Å²) < 4.78 is 33.4. The fraction of sp³-hybridized carbons (Fsp3) is 0.0400. The lowest BCUT2D eigenvalue weighted by atomic mass is 9.87. The lowest BCUT2D eigenvalue weighted by Gasteiger charge is -2.30. The van der Waals surface area contributed by atoms with Gasteiger partial charge in [-0.2, -0.15) is 0 Å². The van der Waals surface area contributed by atoms with Gasteiger partial charge < -0.3 is 10.5 Å². The van der Waals surface area contributed by atoms with Gasteiger partial charge in [-0.05, 0) is 23.1 Å². The van der Waals surface area contributed by atoms with E-state index in [9.17, 15) is 18.5 Å². The number of nitrogens with zero attached hydrogens (tertiary/aromatic N) is 1. The molecule has 0 fully saturated rings. The average molecular weight is 458 g/mol.